The van der Waals surface area contributed by atoms with Crippen molar-refractivity contribution in [3.63, 3.8) is 0 Å². The van der Waals surface area contributed by atoms with Gasteiger partial charge in [0.2, 0.25) is 5.97 Å². The molecule has 0 spiro atoms. The Kier molecular flexibility index (Phi) is 6.47. The van der Waals surface area contributed by atoms with Crippen molar-refractivity contribution < 1.29 is 18.0 Å². The van der Waals surface area contributed by atoms with Crippen molar-refractivity contribution in [1.82, 2.24) is 4.90 Å². The van der Waals surface area contributed by atoms with Crippen molar-refractivity contribution in [3.05, 3.63) is 52.7 Å². The second kappa shape index (κ2) is 8.40. The predicted octanol–water partition coefficient (Wildman–Crippen LogP) is 3.82. The van der Waals surface area contributed by atoms with Gasteiger partial charge in [-0.2, -0.15) is 4.39 Å². The van der Waals surface area contributed by atoms with E-state index >= 15 is 0 Å². The van der Waals surface area contributed by atoms with Crippen molar-refractivity contribution in [3.8, 4) is 0 Å². The fourth-order valence-corrected chi connectivity index (χ4v) is 2.56. The lowest BCUT2D eigenvalue weighted by molar-refractivity contribution is -0.126. The van der Waals surface area contributed by atoms with Crippen LogP contribution < -0.4 is 5.73 Å². The molecule has 0 atom stereocenters. The largest absolute Gasteiger partial charge is 0.397 e. The molecule has 0 heterocycles. The van der Waals surface area contributed by atoms with Gasteiger partial charge in [0.15, 0.2) is 0 Å². The van der Waals surface area contributed by atoms with Crippen molar-refractivity contribution >= 4 is 29.0 Å². The Hall–Kier alpha value is -2.28. The molecule has 1 aliphatic rings. The van der Waals surface area contributed by atoms with Crippen LogP contribution in [-0.4, -0.2) is 42.8 Å². The van der Waals surface area contributed by atoms with E-state index in [9.17, 15) is 18.0 Å². The molecule has 8 heteroatoms. The van der Waals surface area contributed by atoms with Gasteiger partial charge >= 0.3 is 0 Å². The average Bonchev–Trinajstić information content (AvgIpc) is 3.44. The lowest BCUT2D eigenvalue weighted by Crippen LogP contribution is -2.38. The Morgan fingerprint density at radius 2 is 1.96 bits per heavy atom. The summed E-state index contributed by atoms with van der Waals surface area (Å²) in [6, 6.07) is 6.65. The van der Waals surface area contributed by atoms with Crippen molar-refractivity contribution in [2.45, 2.75) is 25.3 Å². The molecule has 140 valence electrons. The van der Waals surface area contributed by atoms with Crippen LogP contribution in [0.4, 0.5) is 13.2 Å². The number of aliphatic imine (C=N–C) groups is 1. The summed E-state index contributed by atoms with van der Waals surface area (Å²) in [7, 11) is 1.06. The number of nitrogens with two attached hydrogens (primary N) is 1. The first-order valence-electron chi connectivity index (χ1n) is 7.91. The molecule has 0 bridgehead atoms. The number of nitrogens with zero attached hydrogens (tertiary/aromatic N) is 2. The van der Waals surface area contributed by atoms with E-state index in [0.717, 1.165) is 12.6 Å². The zero-order chi connectivity index (χ0) is 19.4. The summed E-state index contributed by atoms with van der Waals surface area (Å²) in [6.07, 6.45) is -1.76. The molecule has 1 aromatic carbocycles. The second-order valence-corrected chi connectivity index (χ2v) is 6.36. The second-order valence-electron chi connectivity index (χ2n) is 5.92. The number of benzene rings is 1. The SMILES string of the molecule is C=C(CN(C(=O)C(C(F)=NC)=C(N)C(F)F)C1CC1)c1ccc(Cl)cc1. The molecule has 1 amide bonds. The van der Waals surface area contributed by atoms with E-state index in [1.54, 1.807) is 24.3 Å². The highest BCUT2D eigenvalue weighted by Gasteiger charge is 2.37. The highest BCUT2D eigenvalue weighted by atomic mass is 35.5. The lowest BCUT2D eigenvalue weighted by atomic mass is 10.1. The van der Waals surface area contributed by atoms with Gasteiger partial charge in [-0.1, -0.05) is 30.3 Å². The van der Waals surface area contributed by atoms with Crippen molar-refractivity contribution in [2.75, 3.05) is 13.6 Å². The molecule has 2 N–H and O–H groups in total. The first-order chi connectivity index (χ1) is 12.3. The molecule has 4 nitrogen and oxygen atoms in total. The average molecular weight is 386 g/mol. The Bertz CT molecular complexity index is 755. The van der Waals surface area contributed by atoms with E-state index in [4.69, 9.17) is 17.3 Å². The number of alkyl halides is 2. The van der Waals surface area contributed by atoms with Gasteiger partial charge in [0.1, 0.15) is 5.57 Å². The fourth-order valence-electron chi connectivity index (χ4n) is 2.43. The number of allylic oxidation sites excluding steroid dienone is 1. The lowest BCUT2D eigenvalue weighted by Gasteiger charge is -2.25. The molecule has 0 unspecified atom stereocenters. The van der Waals surface area contributed by atoms with Crippen LogP contribution in [0.5, 0.6) is 0 Å². The zero-order valence-corrected chi connectivity index (χ0v) is 14.9. The monoisotopic (exact) mass is 385 g/mol. The highest BCUT2D eigenvalue weighted by Crippen LogP contribution is 2.31. The van der Waals surface area contributed by atoms with E-state index in [1.165, 1.54) is 4.90 Å². The van der Waals surface area contributed by atoms with Crippen LogP contribution in [0.15, 0.2) is 47.1 Å². The van der Waals surface area contributed by atoms with Crippen LogP contribution in [0.25, 0.3) is 5.57 Å². The normalized spacial score (nSPS) is 15.7. The smallest absolute Gasteiger partial charge is 0.278 e. The van der Waals surface area contributed by atoms with Gasteiger partial charge in [-0.05, 0) is 36.1 Å². The standard InChI is InChI=1S/C18H19ClF3N3O/c1-10(11-3-5-12(19)6-4-11)9-25(13-7-8-13)18(26)14(17(22)24-2)15(23)16(20)21/h3-6,13,16H,1,7-9,23H2,2H3. The van der Waals surface area contributed by atoms with Gasteiger partial charge in [-0.25, -0.2) is 8.78 Å². The summed E-state index contributed by atoms with van der Waals surface area (Å²) in [5.74, 6) is -2.22. The highest BCUT2D eigenvalue weighted by molar-refractivity contribution is 6.30. The third-order valence-electron chi connectivity index (χ3n) is 4.00. The predicted molar refractivity (Wildman–Crippen MR) is 96.9 cm³/mol. The molecule has 1 saturated carbocycles. The van der Waals surface area contributed by atoms with Crippen LogP contribution in [-0.2, 0) is 4.79 Å². The summed E-state index contributed by atoms with van der Waals surface area (Å²) >= 11 is 5.85. The van der Waals surface area contributed by atoms with Crippen LogP contribution in [0.1, 0.15) is 18.4 Å². The summed E-state index contributed by atoms with van der Waals surface area (Å²) in [5, 5.41) is 0.549. The van der Waals surface area contributed by atoms with Gasteiger partial charge in [0, 0.05) is 24.7 Å². The van der Waals surface area contributed by atoms with E-state index in [1.807, 2.05) is 0 Å². The van der Waals surface area contributed by atoms with E-state index in [-0.39, 0.29) is 12.6 Å². The first-order valence-corrected chi connectivity index (χ1v) is 8.29. The number of amides is 1. The van der Waals surface area contributed by atoms with Crippen LogP contribution >= 0.6 is 11.6 Å². The number of hydrogen-bond donors (Lipinski definition) is 1. The zero-order valence-electron chi connectivity index (χ0n) is 14.2. The van der Waals surface area contributed by atoms with Gasteiger partial charge in [0.05, 0.1) is 5.70 Å². The summed E-state index contributed by atoms with van der Waals surface area (Å²) in [6.45, 7) is 3.99. The summed E-state index contributed by atoms with van der Waals surface area (Å²) < 4.78 is 40.0. The molecule has 0 radical (unpaired) electrons. The molecule has 26 heavy (non-hydrogen) atoms. The molecule has 1 aliphatic carbocycles. The van der Waals surface area contributed by atoms with Crippen LogP contribution in [0, 0.1) is 0 Å². The maximum Gasteiger partial charge on any atom is 0.278 e. The minimum absolute atomic E-state index is 0.0577. The van der Waals surface area contributed by atoms with Crippen molar-refractivity contribution in [1.29, 1.82) is 0 Å². The van der Waals surface area contributed by atoms with Gasteiger partial charge in [0.25, 0.3) is 12.3 Å². The van der Waals surface area contributed by atoms with Crippen LogP contribution in [0.2, 0.25) is 5.02 Å². The van der Waals surface area contributed by atoms with Crippen molar-refractivity contribution in [2.24, 2.45) is 10.7 Å². The van der Waals surface area contributed by atoms with E-state index < -0.39 is 29.6 Å². The Morgan fingerprint density at radius 1 is 1.38 bits per heavy atom. The maximum absolute atomic E-state index is 14.0. The van der Waals surface area contributed by atoms with E-state index in [0.29, 0.717) is 23.4 Å². The number of rotatable bonds is 7. The van der Waals surface area contributed by atoms with Gasteiger partial charge in [-0.3, -0.25) is 9.79 Å². The molecule has 2 rings (SSSR count). The summed E-state index contributed by atoms with van der Waals surface area (Å²) in [5.41, 5.74) is 4.58. The molecule has 0 aliphatic heterocycles. The Balaban J connectivity index is 2.30. The molecule has 1 fully saturated rings. The Labute approximate surface area is 154 Å². The number of halogens is 4. The number of carbonyl (C=O) groups excluding carboxylic acids is 1. The third-order valence-corrected chi connectivity index (χ3v) is 4.25. The molecular weight excluding hydrogens is 367 g/mol. The molecule has 0 aromatic heterocycles. The summed E-state index contributed by atoms with van der Waals surface area (Å²) in [4.78, 5) is 17.3. The topological polar surface area (TPSA) is 58.7 Å². The van der Waals surface area contributed by atoms with E-state index in [2.05, 4.69) is 11.6 Å². The first kappa shape index (κ1) is 20.0. The molecule has 1 aromatic rings. The molecular formula is C18H19ClF3N3O. The van der Waals surface area contributed by atoms with Crippen LogP contribution in [0.3, 0.4) is 0 Å². The maximum atomic E-state index is 14.0. The number of carbonyl (C=O) groups is 1. The Morgan fingerprint density at radius 3 is 2.42 bits per heavy atom. The third kappa shape index (κ3) is 4.66. The quantitative estimate of drug-likeness (QED) is 0.573. The fraction of sp³-hybridized carbons (Fsp3) is 0.333. The molecule has 0 saturated heterocycles. The minimum Gasteiger partial charge on any atom is -0.397 e. The number of hydrogen-bond acceptors (Lipinski definition) is 3. The van der Waals surface area contributed by atoms with Gasteiger partial charge < -0.3 is 10.6 Å². The van der Waals surface area contributed by atoms with Gasteiger partial charge in [-0.15, -0.1) is 0 Å². The minimum atomic E-state index is -3.16.